The fourth-order valence-corrected chi connectivity index (χ4v) is 3.47. The van der Waals surface area contributed by atoms with Crippen LogP contribution in [0.15, 0.2) is 42.5 Å². The molecule has 3 rings (SSSR count). The second-order valence-corrected chi connectivity index (χ2v) is 7.94. The van der Waals surface area contributed by atoms with E-state index in [-0.39, 0.29) is 11.9 Å². The van der Waals surface area contributed by atoms with Crippen molar-refractivity contribution in [2.75, 3.05) is 69.0 Å². The molecule has 0 spiro atoms. The first-order valence-corrected chi connectivity index (χ1v) is 10.6. The molecule has 8 nitrogen and oxygen atoms in total. The summed E-state index contributed by atoms with van der Waals surface area (Å²) in [6, 6.07) is 12.5. The summed E-state index contributed by atoms with van der Waals surface area (Å²) in [7, 11) is 3.78. The predicted octanol–water partition coefficient (Wildman–Crippen LogP) is 1.35. The standard InChI is InChI=1S/C23H31N5O3/c1-17-4-6-18(7-5-17)25-23(30)26-19-8-9-21(27(2)3)20(16-19)22(29)24-10-11-28-12-14-31-15-13-28/h4-9,16H,10-15H2,1-3H3,(H,24,29)(H2,25,26,30)/p+1. The fourth-order valence-electron chi connectivity index (χ4n) is 3.47. The van der Waals surface area contributed by atoms with Gasteiger partial charge in [0.05, 0.1) is 31.9 Å². The van der Waals surface area contributed by atoms with Crippen molar-refractivity contribution in [2.45, 2.75) is 6.92 Å². The average Bonchev–Trinajstić information content (AvgIpc) is 2.76. The minimum Gasteiger partial charge on any atom is -0.377 e. The smallest absolute Gasteiger partial charge is 0.323 e. The fraction of sp³-hybridized carbons (Fsp3) is 0.391. The summed E-state index contributed by atoms with van der Waals surface area (Å²) in [5.74, 6) is -0.154. The highest BCUT2D eigenvalue weighted by Crippen LogP contribution is 2.23. The normalized spacial score (nSPS) is 14.0. The van der Waals surface area contributed by atoms with E-state index in [1.807, 2.05) is 56.3 Å². The third-order valence-corrected chi connectivity index (χ3v) is 5.25. The monoisotopic (exact) mass is 426 g/mol. The van der Waals surface area contributed by atoms with Crippen LogP contribution in [0.4, 0.5) is 21.9 Å². The molecule has 0 aliphatic carbocycles. The van der Waals surface area contributed by atoms with E-state index in [1.54, 1.807) is 12.1 Å². The molecule has 166 valence electrons. The summed E-state index contributed by atoms with van der Waals surface area (Å²) in [5.41, 5.74) is 3.70. The van der Waals surface area contributed by atoms with E-state index < -0.39 is 0 Å². The van der Waals surface area contributed by atoms with E-state index in [4.69, 9.17) is 4.74 Å². The molecule has 31 heavy (non-hydrogen) atoms. The van der Waals surface area contributed by atoms with E-state index in [0.29, 0.717) is 23.5 Å². The molecule has 1 aliphatic rings. The molecule has 0 bridgehead atoms. The molecule has 0 aromatic heterocycles. The highest BCUT2D eigenvalue weighted by molar-refractivity contribution is 6.03. The molecule has 8 heteroatoms. The molecule has 0 atom stereocenters. The van der Waals surface area contributed by atoms with Gasteiger partial charge in [-0.15, -0.1) is 0 Å². The van der Waals surface area contributed by atoms with Crippen LogP contribution in [0.25, 0.3) is 0 Å². The number of amides is 3. The van der Waals surface area contributed by atoms with E-state index in [1.165, 1.54) is 4.90 Å². The van der Waals surface area contributed by atoms with Crippen LogP contribution < -0.4 is 25.8 Å². The molecular weight excluding hydrogens is 394 g/mol. The Morgan fingerprint density at radius 3 is 2.32 bits per heavy atom. The summed E-state index contributed by atoms with van der Waals surface area (Å²) in [6.45, 7) is 6.92. The van der Waals surface area contributed by atoms with Gasteiger partial charge < -0.3 is 30.5 Å². The maximum Gasteiger partial charge on any atom is 0.323 e. The summed E-state index contributed by atoms with van der Waals surface area (Å²) < 4.78 is 5.37. The zero-order valence-corrected chi connectivity index (χ0v) is 18.5. The van der Waals surface area contributed by atoms with E-state index in [0.717, 1.165) is 44.1 Å². The maximum absolute atomic E-state index is 12.9. The molecule has 1 aliphatic heterocycles. The molecule has 1 heterocycles. The Bertz CT molecular complexity index is 893. The van der Waals surface area contributed by atoms with Gasteiger partial charge in [0.25, 0.3) is 5.91 Å². The lowest BCUT2D eigenvalue weighted by atomic mass is 10.1. The van der Waals surface area contributed by atoms with Crippen LogP contribution in [0.3, 0.4) is 0 Å². The number of benzene rings is 2. The first kappa shape index (κ1) is 22.6. The van der Waals surface area contributed by atoms with Crippen molar-refractivity contribution >= 4 is 29.0 Å². The molecule has 2 aromatic carbocycles. The quantitative estimate of drug-likeness (QED) is 0.538. The van der Waals surface area contributed by atoms with Gasteiger partial charge in [0, 0.05) is 31.2 Å². The number of carbonyl (C=O) groups excluding carboxylic acids is 2. The number of nitrogens with zero attached hydrogens (tertiary/aromatic N) is 1. The van der Waals surface area contributed by atoms with Crippen LogP contribution in [-0.2, 0) is 4.74 Å². The van der Waals surface area contributed by atoms with E-state index >= 15 is 0 Å². The number of morpholine rings is 1. The molecular formula is C23H32N5O3+. The summed E-state index contributed by atoms with van der Waals surface area (Å²) >= 11 is 0. The van der Waals surface area contributed by atoms with E-state index in [9.17, 15) is 9.59 Å². The highest BCUT2D eigenvalue weighted by Gasteiger charge is 2.17. The second kappa shape index (κ2) is 10.8. The van der Waals surface area contributed by atoms with Crippen molar-refractivity contribution in [3.8, 4) is 0 Å². The van der Waals surface area contributed by atoms with Gasteiger partial charge in [0.1, 0.15) is 13.1 Å². The van der Waals surface area contributed by atoms with Gasteiger partial charge in [-0.25, -0.2) is 4.79 Å². The van der Waals surface area contributed by atoms with Gasteiger partial charge >= 0.3 is 6.03 Å². The minimum atomic E-state index is -0.358. The first-order chi connectivity index (χ1) is 14.9. The SMILES string of the molecule is Cc1ccc(NC(=O)Nc2ccc(N(C)C)c(C(=O)NCC[NH+]3CCOCC3)c2)cc1. The van der Waals surface area contributed by atoms with Crippen molar-refractivity contribution in [3.05, 3.63) is 53.6 Å². The Morgan fingerprint density at radius 1 is 1.00 bits per heavy atom. The van der Waals surface area contributed by atoms with Crippen LogP contribution >= 0.6 is 0 Å². The number of hydrogen-bond acceptors (Lipinski definition) is 4. The summed E-state index contributed by atoms with van der Waals surface area (Å²) in [6.07, 6.45) is 0. The number of ether oxygens (including phenoxy) is 1. The van der Waals surface area contributed by atoms with Crippen molar-refractivity contribution < 1.29 is 19.2 Å². The zero-order valence-electron chi connectivity index (χ0n) is 18.5. The molecule has 4 N–H and O–H groups in total. The molecule has 1 saturated heterocycles. The van der Waals surface area contributed by atoms with Gasteiger partial charge in [-0.1, -0.05) is 17.7 Å². The second-order valence-electron chi connectivity index (χ2n) is 7.94. The predicted molar refractivity (Wildman–Crippen MR) is 123 cm³/mol. The summed E-state index contributed by atoms with van der Waals surface area (Å²) in [4.78, 5) is 28.6. The van der Waals surface area contributed by atoms with Crippen LogP contribution in [0.5, 0.6) is 0 Å². The third-order valence-electron chi connectivity index (χ3n) is 5.25. The number of anilines is 3. The number of aryl methyl sites for hydroxylation is 1. The van der Waals surface area contributed by atoms with Gasteiger partial charge in [-0.05, 0) is 37.3 Å². The molecule has 0 radical (unpaired) electrons. The molecule has 0 unspecified atom stereocenters. The van der Waals surface area contributed by atoms with Crippen LogP contribution in [-0.4, -0.2) is 65.4 Å². The lowest BCUT2D eigenvalue weighted by molar-refractivity contribution is -0.906. The lowest BCUT2D eigenvalue weighted by Crippen LogP contribution is -3.14. The Balaban J connectivity index is 1.62. The van der Waals surface area contributed by atoms with Crippen molar-refractivity contribution in [1.29, 1.82) is 0 Å². The topological polar surface area (TPSA) is 87.1 Å². The Labute approximate surface area is 183 Å². The van der Waals surface area contributed by atoms with Crippen molar-refractivity contribution in [3.63, 3.8) is 0 Å². The highest BCUT2D eigenvalue weighted by atomic mass is 16.5. The van der Waals surface area contributed by atoms with Gasteiger partial charge in [-0.2, -0.15) is 0 Å². The number of quaternary nitrogens is 1. The molecule has 3 amide bonds. The van der Waals surface area contributed by atoms with Gasteiger partial charge in [0.15, 0.2) is 0 Å². The minimum absolute atomic E-state index is 0.154. The third kappa shape index (κ3) is 6.70. The number of urea groups is 1. The summed E-state index contributed by atoms with van der Waals surface area (Å²) in [5, 5.41) is 8.62. The largest absolute Gasteiger partial charge is 0.377 e. The number of rotatable bonds is 7. The molecule has 0 saturated carbocycles. The van der Waals surface area contributed by atoms with Crippen LogP contribution in [0, 0.1) is 6.92 Å². The van der Waals surface area contributed by atoms with Crippen LogP contribution in [0.2, 0.25) is 0 Å². The Hall–Kier alpha value is -3.10. The van der Waals surface area contributed by atoms with Crippen molar-refractivity contribution in [1.82, 2.24) is 5.32 Å². The van der Waals surface area contributed by atoms with Gasteiger partial charge in [-0.3, -0.25) is 4.79 Å². The van der Waals surface area contributed by atoms with Crippen LogP contribution in [0.1, 0.15) is 15.9 Å². The van der Waals surface area contributed by atoms with Crippen molar-refractivity contribution in [2.24, 2.45) is 0 Å². The zero-order chi connectivity index (χ0) is 22.2. The maximum atomic E-state index is 12.9. The number of hydrogen-bond donors (Lipinski definition) is 4. The van der Waals surface area contributed by atoms with Gasteiger partial charge in [0.2, 0.25) is 0 Å². The number of carbonyl (C=O) groups is 2. The first-order valence-electron chi connectivity index (χ1n) is 10.6. The van der Waals surface area contributed by atoms with E-state index in [2.05, 4.69) is 16.0 Å². The lowest BCUT2D eigenvalue weighted by Gasteiger charge is -2.24. The average molecular weight is 427 g/mol. The Morgan fingerprint density at radius 2 is 1.65 bits per heavy atom. The molecule has 1 fully saturated rings. The number of nitrogens with one attached hydrogen (secondary N) is 4. The Kier molecular flexibility index (Phi) is 7.86. The molecule has 2 aromatic rings.